The zero-order valence-corrected chi connectivity index (χ0v) is 10.5. The molecule has 4 heteroatoms. The van der Waals surface area contributed by atoms with Crippen LogP contribution in [-0.4, -0.2) is 30.8 Å². The number of rotatable bonds is 2. The summed E-state index contributed by atoms with van der Waals surface area (Å²) in [5.74, 6) is 1.56. The molecule has 0 aliphatic carbocycles. The minimum Gasteiger partial charge on any atom is -0.377 e. The summed E-state index contributed by atoms with van der Waals surface area (Å²) in [5.41, 5.74) is 2.12. The van der Waals surface area contributed by atoms with E-state index >= 15 is 0 Å². The summed E-state index contributed by atoms with van der Waals surface area (Å²) in [6, 6.07) is 4.50. The first-order chi connectivity index (χ1) is 7.72. The lowest BCUT2D eigenvalue weighted by Gasteiger charge is -2.34. The van der Waals surface area contributed by atoms with Crippen molar-refractivity contribution in [2.45, 2.75) is 25.8 Å². The fraction of sp³-hybridized carbons (Fsp3) is 0.583. The van der Waals surface area contributed by atoms with Gasteiger partial charge in [-0.3, -0.25) is 0 Å². The monoisotopic (exact) mass is 240 g/mol. The van der Waals surface area contributed by atoms with Crippen molar-refractivity contribution >= 4 is 17.4 Å². The number of ether oxygens (including phenoxy) is 1. The summed E-state index contributed by atoms with van der Waals surface area (Å²) in [4.78, 5) is 6.89. The average Bonchev–Trinajstić information content (AvgIpc) is 2.29. The van der Waals surface area contributed by atoms with Gasteiger partial charge in [0.05, 0.1) is 19.3 Å². The molecule has 1 aromatic heterocycles. The summed E-state index contributed by atoms with van der Waals surface area (Å²) in [6.07, 6.45) is 0. The van der Waals surface area contributed by atoms with Gasteiger partial charge < -0.3 is 9.64 Å². The largest absolute Gasteiger partial charge is 0.377 e. The molecule has 1 aliphatic heterocycles. The Morgan fingerprint density at radius 1 is 1.56 bits per heavy atom. The Labute approximate surface area is 101 Å². The van der Waals surface area contributed by atoms with Crippen molar-refractivity contribution in [1.82, 2.24) is 4.98 Å². The van der Waals surface area contributed by atoms with Crippen LogP contribution in [0.1, 0.15) is 18.2 Å². The Bertz CT molecular complexity index is 370. The van der Waals surface area contributed by atoms with E-state index in [-0.39, 0.29) is 0 Å². The zero-order chi connectivity index (χ0) is 11.5. The van der Waals surface area contributed by atoms with E-state index in [2.05, 4.69) is 22.9 Å². The van der Waals surface area contributed by atoms with Gasteiger partial charge in [-0.1, -0.05) is 6.07 Å². The van der Waals surface area contributed by atoms with Gasteiger partial charge in [-0.15, -0.1) is 11.6 Å². The minimum atomic E-state index is 0.391. The van der Waals surface area contributed by atoms with Crippen molar-refractivity contribution in [3.63, 3.8) is 0 Å². The maximum absolute atomic E-state index is 5.83. The number of alkyl halides is 1. The predicted octanol–water partition coefficient (Wildman–Crippen LogP) is 2.35. The Kier molecular flexibility index (Phi) is 3.66. The highest BCUT2D eigenvalue weighted by atomic mass is 35.5. The van der Waals surface area contributed by atoms with Gasteiger partial charge in [-0.05, 0) is 25.5 Å². The second kappa shape index (κ2) is 5.02. The lowest BCUT2D eigenvalue weighted by Crippen LogP contribution is -2.44. The molecule has 1 aliphatic rings. The molecule has 16 heavy (non-hydrogen) atoms. The van der Waals surface area contributed by atoms with Crippen LogP contribution in [0.2, 0.25) is 0 Å². The summed E-state index contributed by atoms with van der Waals surface area (Å²) in [5, 5.41) is 0. The molecule has 1 saturated heterocycles. The molecule has 1 aromatic rings. The number of aryl methyl sites for hydroxylation is 1. The van der Waals surface area contributed by atoms with E-state index in [4.69, 9.17) is 16.3 Å². The average molecular weight is 241 g/mol. The van der Waals surface area contributed by atoms with E-state index in [0.717, 1.165) is 36.8 Å². The van der Waals surface area contributed by atoms with E-state index in [1.807, 2.05) is 13.0 Å². The molecule has 1 atom stereocenters. The molecule has 1 fully saturated rings. The maximum Gasteiger partial charge on any atom is 0.129 e. The highest BCUT2D eigenvalue weighted by Gasteiger charge is 2.20. The lowest BCUT2D eigenvalue weighted by atomic mass is 10.2. The van der Waals surface area contributed by atoms with E-state index < -0.39 is 0 Å². The third-order valence-electron chi connectivity index (χ3n) is 2.99. The molecule has 2 heterocycles. The summed E-state index contributed by atoms with van der Waals surface area (Å²) >= 11 is 5.83. The SMILES string of the molecule is Cc1nc(N2CCOCC2C)ccc1CCl. The molecule has 0 saturated carbocycles. The molecule has 0 amide bonds. The van der Waals surface area contributed by atoms with Crippen molar-refractivity contribution < 1.29 is 4.74 Å². The van der Waals surface area contributed by atoms with Crippen LogP contribution in [-0.2, 0) is 10.6 Å². The summed E-state index contributed by atoms with van der Waals surface area (Å²) < 4.78 is 5.42. The van der Waals surface area contributed by atoms with Gasteiger partial charge in [-0.2, -0.15) is 0 Å². The fourth-order valence-corrected chi connectivity index (χ4v) is 2.23. The van der Waals surface area contributed by atoms with Gasteiger partial charge in [0.25, 0.3) is 0 Å². The van der Waals surface area contributed by atoms with Crippen LogP contribution < -0.4 is 4.90 Å². The molecule has 0 spiro atoms. The number of nitrogens with zero attached hydrogens (tertiary/aromatic N) is 2. The van der Waals surface area contributed by atoms with Crippen LogP contribution in [0.25, 0.3) is 0 Å². The van der Waals surface area contributed by atoms with Gasteiger partial charge in [0.15, 0.2) is 0 Å². The molecule has 88 valence electrons. The molecular weight excluding hydrogens is 224 g/mol. The van der Waals surface area contributed by atoms with Crippen LogP contribution in [0.4, 0.5) is 5.82 Å². The lowest BCUT2D eigenvalue weighted by molar-refractivity contribution is 0.0985. The molecular formula is C12H17ClN2O. The topological polar surface area (TPSA) is 25.4 Å². The number of morpholine rings is 1. The van der Waals surface area contributed by atoms with Crippen molar-refractivity contribution in [1.29, 1.82) is 0 Å². The minimum absolute atomic E-state index is 0.391. The molecule has 1 unspecified atom stereocenters. The van der Waals surface area contributed by atoms with E-state index in [0.29, 0.717) is 11.9 Å². The van der Waals surface area contributed by atoms with Gasteiger partial charge in [0, 0.05) is 18.1 Å². The van der Waals surface area contributed by atoms with Crippen LogP contribution >= 0.6 is 11.6 Å². The third kappa shape index (κ3) is 2.30. The first-order valence-corrected chi connectivity index (χ1v) is 6.12. The zero-order valence-electron chi connectivity index (χ0n) is 9.74. The number of halogens is 1. The normalized spacial score (nSPS) is 21.2. The third-order valence-corrected chi connectivity index (χ3v) is 3.27. The van der Waals surface area contributed by atoms with Crippen molar-refractivity contribution in [2.75, 3.05) is 24.7 Å². The van der Waals surface area contributed by atoms with Crippen LogP contribution in [0.5, 0.6) is 0 Å². The molecule has 3 nitrogen and oxygen atoms in total. The van der Waals surface area contributed by atoms with Crippen LogP contribution in [0.15, 0.2) is 12.1 Å². The number of pyridine rings is 1. The molecule has 0 aromatic carbocycles. The van der Waals surface area contributed by atoms with Gasteiger partial charge in [0.2, 0.25) is 0 Å². The molecule has 2 rings (SSSR count). The molecule has 0 N–H and O–H groups in total. The van der Waals surface area contributed by atoms with Crippen molar-refractivity contribution in [3.05, 3.63) is 23.4 Å². The van der Waals surface area contributed by atoms with E-state index in [9.17, 15) is 0 Å². The fourth-order valence-electron chi connectivity index (χ4n) is 1.95. The smallest absolute Gasteiger partial charge is 0.129 e. The predicted molar refractivity (Wildman–Crippen MR) is 66.2 cm³/mol. The van der Waals surface area contributed by atoms with Crippen molar-refractivity contribution in [3.8, 4) is 0 Å². The highest BCUT2D eigenvalue weighted by molar-refractivity contribution is 6.17. The first kappa shape index (κ1) is 11.7. The Morgan fingerprint density at radius 2 is 2.38 bits per heavy atom. The van der Waals surface area contributed by atoms with Crippen LogP contribution in [0, 0.1) is 6.92 Å². The number of aromatic nitrogens is 1. The number of hydrogen-bond donors (Lipinski definition) is 0. The summed E-state index contributed by atoms with van der Waals surface area (Å²) in [7, 11) is 0. The van der Waals surface area contributed by atoms with Crippen LogP contribution in [0.3, 0.4) is 0 Å². The van der Waals surface area contributed by atoms with Gasteiger partial charge in [-0.25, -0.2) is 4.98 Å². The van der Waals surface area contributed by atoms with Gasteiger partial charge >= 0.3 is 0 Å². The second-order valence-corrected chi connectivity index (χ2v) is 4.43. The molecule has 0 radical (unpaired) electrons. The van der Waals surface area contributed by atoms with E-state index in [1.54, 1.807) is 0 Å². The molecule has 0 bridgehead atoms. The Morgan fingerprint density at radius 3 is 3.00 bits per heavy atom. The van der Waals surface area contributed by atoms with Crippen molar-refractivity contribution in [2.24, 2.45) is 0 Å². The Balaban J connectivity index is 2.22. The quantitative estimate of drug-likeness (QED) is 0.742. The first-order valence-electron chi connectivity index (χ1n) is 5.59. The highest BCUT2D eigenvalue weighted by Crippen LogP contribution is 2.20. The number of hydrogen-bond acceptors (Lipinski definition) is 3. The standard InChI is InChI=1S/C12H17ClN2O/c1-9-8-16-6-5-15(9)12-4-3-11(7-13)10(2)14-12/h3-4,9H,5-8H2,1-2H3. The number of anilines is 1. The summed E-state index contributed by atoms with van der Waals surface area (Å²) in [6.45, 7) is 6.63. The van der Waals surface area contributed by atoms with E-state index in [1.165, 1.54) is 0 Å². The van der Waals surface area contributed by atoms with Gasteiger partial charge in [0.1, 0.15) is 5.82 Å². The Hall–Kier alpha value is -0.800. The second-order valence-electron chi connectivity index (χ2n) is 4.16. The maximum atomic E-state index is 5.83.